The van der Waals surface area contributed by atoms with Crippen molar-refractivity contribution in [1.29, 1.82) is 0 Å². The van der Waals surface area contributed by atoms with Crippen molar-refractivity contribution >= 4 is 5.97 Å². The molecule has 0 aromatic carbocycles. The second kappa shape index (κ2) is 8.05. The minimum atomic E-state index is -0.143. The van der Waals surface area contributed by atoms with Gasteiger partial charge in [0.25, 0.3) is 0 Å². The molecule has 0 amide bonds. The van der Waals surface area contributed by atoms with Gasteiger partial charge in [0.15, 0.2) is 0 Å². The number of carbonyl (C=O) groups excluding carboxylic acids is 1. The Bertz CT molecular complexity index is 137. The summed E-state index contributed by atoms with van der Waals surface area (Å²) < 4.78 is 4.57. The second-order valence-corrected chi connectivity index (χ2v) is 3.34. The fourth-order valence-electron chi connectivity index (χ4n) is 1.13. The number of rotatable bonds is 7. The predicted octanol–water partition coefficient (Wildman–Crippen LogP) is 1.72. The number of hydrogen-bond donors (Lipinski definition) is 1. The quantitative estimate of drug-likeness (QED) is 0.487. The lowest BCUT2D eigenvalue weighted by molar-refractivity contribution is -0.141. The Morgan fingerprint density at radius 1 is 1.46 bits per heavy atom. The zero-order chi connectivity index (χ0) is 10.1. The van der Waals surface area contributed by atoms with Crippen LogP contribution >= 0.6 is 0 Å². The van der Waals surface area contributed by atoms with E-state index in [0.29, 0.717) is 6.42 Å². The van der Waals surface area contributed by atoms with Gasteiger partial charge in [-0.1, -0.05) is 19.8 Å². The molecule has 3 nitrogen and oxygen atoms in total. The molecule has 0 aliphatic rings. The van der Waals surface area contributed by atoms with Gasteiger partial charge >= 0.3 is 5.97 Å². The zero-order valence-corrected chi connectivity index (χ0v) is 8.93. The molecule has 0 bridgehead atoms. The van der Waals surface area contributed by atoms with E-state index < -0.39 is 0 Å². The van der Waals surface area contributed by atoms with Crippen LogP contribution in [0.25, 0.3) is 0 Å². The minimum Gasteiger partial charge on any atom is -0.469 e. The number of unbranched alkanes of at least 4 members (excludes halogenated alkanes) is 2. The van der Waals surface area contributed by atoms with Crippen LogP contribution in [0.4, 0.5) is 0 Å². The molecular formula is C10H21NO2. The summed E-state index contributed by atoms with van der Waals surface area (Å²) in [5, 5.41) is 3.28. The average Bonchev–Trinajstić information content (AvgIpc) is 2.12. The van der Waals surface area contributed by atoms with Crippen LogP contribution in [0.1, 0.15) is 39.5 Å². The molecule has 78 valence electrons. The van der Waals surface area contributed by atoms with Crippen molar-refractivity contribution in [3.05, 3.63) is 0 Å². The van der Waals surface area contributed by atoms with Crippen LogP contribution in [0.3, 0.4) is 0 Å². The van der Waals surface area contributed by atoms with Gasteiger partial charge in [-0.05, 0) is 19.9 Å². The van der Waals surface area contributed by atoms with Crippen molar-refractivity contribution < 1.29 is 9.53 Å². The van der Waals surface area contributed by atoms with Gasteiger partial charge in [0, 0.05) is 6.04 Å². The molecule has 0 rings (SSSR count). The molecule has 0 radical (unpaired) electrons. The first-order valence-corrected chi connectivity index (χ1v) is 5.00. The third-order valence-electron chi connectivity index (χ3n) is 1.97. The number of esters is 1. The Balaban J connectivity index is 3.29. The number of methoxy groups -OCH3 is 1. The lowest BCUT2D eigenvalue weighted by Crippen LogP contribution is -2.29. The van der Waals surface area contributed by atoms with Gasteiger partial charge in [-0.25, -0.2) is 0 Å². The highest BCUT2D eigenvalue weighted by atomic mass is 16.5. The van der Waals surface area contributed by atoms with E-state index in [2.05, 4.69) is 17.0 Å². The summed E-state index contributed by atoms with van der Waals surface area (Å²) in [4.78, 5) is 10.8. The van der Waals surface area contributed by atoms with E-state index in [9.17, 15) is 4.79 Å². The van der Waals surface area contributed by atoms with E-state index in [1.54, 1.807) is 0 Å². The normalized spacial score (nSPS) is 12.5. The van der Waals surface area contributed by atoms with Gasteiger partial charge in [0.05, 0.1) is 13.5 Å². The number of nitrogens with one attached hydrogen (secondary N) is 1. The fourth-order valence-corrected chi connectivity index (χ4v) is 1.13. The lowest BCUT2D eigenvalue weighted by atomic mass is 10.2. The first-order valence-electron chi connectivity index (χ1n) is 5.00. The van der Waals surface area contributed by atoms with Crippen LogP contribution in [0.5, 0.6) is 0 Å². The maximum atomic E-state index is 10.8. The first kappa shape index (κ1) is 12.4. The maximum absolute atomic E-state index is 10.8. The van der Waals surface area contributed by atoms with Crippen LogP contribution in [-0.2, 0) is 9.53 Å². The highest BCUT2D eigenvalue weighted by Gasteiger charge is 2.07. The summed E-state index contributed by atoms with van der Waals surface area (Å²) in [6, 6.07) is 0.226. The Labute approximate surface area is 80.8 Å². The summed E-state index contributed by atoms with van der Waals surface area (Å²) in [6.07, 6.45) is 4.12. The highest BCUT2D eigenvalue weighted by Crippen LogP contribution is 1.95. The molecule has 0 aliphatic carbocycles. The average molecular weight is 187 g/mol. The summed E-state index contributed by atoms with van der Waals surface area (Å²) in [6.45, 7) is 5.17. The fraction of sp³-hybridized carbons (Fsp3) is 0.900. The standard InChI is InChI=1S/C10H21NO2/c1-4-5-6-7-11-9(2)8-10(12)13-3/h9,11H,4-8H2,1-3H3/t9-/m1/s1. The second-order valence-electron chi connectivity index (χ2n) is 3.34. The number of hydrogen-bond acceptors (Lipinski definition) is 3. The SMILES string of the molecule is CCCCCN[C@H](C)CC(=O)OC. The zero-order valence-electron chi connectivity index (χ0n) is 8.93. The van der Waals surface area contributed by atoms with Gasteiger partial charge in [-0.15, -0.1) is 0 Å². The Morgan fingerprint density at radius 2 is 2.15 bits per heavy atom. The van der Waals surface area contributed by atoms with Crippen molar-refractivity contribution in [2.75, 3.05) is 13.7 Å². The summed E-state index contributed by atoms with van der Waals surface area (Å²) in [7, 11) is 1.42. The van der Waals surface area contributed by atoms with Crippen molar-refractivity contribution in [3.8, 4) is 0 Å². The van der Waals surface area contributed by atoms with E-state index in [4.69, 9.17) is 0 Å². The molecule has 0 unspecified atom stereocenters. The number of ether oxygens (including phenoxy) is 1. The molecule has 0 aliphatic heterocycles. The number of carbonyl (C=O) groups is 1. The van der Waals surface area contributed by atoms with Crippen molar-refractivity contribution in [2.45, 2.75) is 45.6 Å². The van der Waals surface area contributed by atoms with Crippen molar-refractivity contribution in [3.63, 3.8) is 0 Å². The van der Waals surface area contributed by atoms with Crippen LogP contribution in [-0.4, -0.2) is 25.7 Å². The van der Waals surface area contributed by atoms with Gasteiger partial charge in [-0.3, -0.25) is 4.79 Å². The first-order chi connectivity index (χ1) is 6.20. The Hall–Kier alpha value is -0.570. The van der Waals surface area contributed by atoms with Gasteiger partial charge in [0.2, 0.25) is 0 Å². The maximum Gasteiger partial charge on any atom is 0.307 e. The van der Waals surface area contributed by atoms with E-state index >= 15 is 0 Å². The van der Waals surface area contributed by atoms with Gasteiger partial charge < -0.3 is 10.1 Å². The Kier molecular flexibility index (Phi) is 7.69. The molecule has 0 aromatic heterocycles. The lowest BCUT2D eigenvalue weighted by Gasteiger charge is -2.11. The van der Waals surface area contributed by atoms with Crippen molar-refractivity contribution in [1.82, 2.24) is 5.32 Å². The van der Waals surface area contributed by atoms with Gasteiger partial charge in [-0.2, -0.15) is 0 Å². The monoisotopic (exact) mass is 187 g/mol. The predicted molar refractivity (Wildman–Crippen MR) is 53.6 cm³/mol. The van der Waals surface area contributed by atoms with Crippen LogP contribution in [0, 0.1) is 0 Å². The molecule has 0 spiro atoms. The molecule has 0 aromatic rings. The van der Waals surface area contributed by atoms with Gasteiger partial charge in [0.1, 0.15) is 0 Å². The van der Waals surface area contributed by atoms with Crippen molar-refractivity contribution in [2.24, 2.45) is 0 Å². The summed E-state index contributed by atoms with van der Waals surface area (Å²) in [5.74, 6) is -0.143. The third kappa shape index (κ3) is 7.78. The van der Waals surface area contributed by atoms with Crippen LogP contribution in [0.15, 0.2) is 0 Å². The molecule has 1 N–H and O–H groups in total. The van der Waals surface area contributed by atoms with E-state index in [-0.39, 0.29) is 12.0 Å². The summed E-state index contributed by atoms with van der Waals surface area (Å²) in [5.41, 5.74) is 0. The topological polar surface area (TPSA) is 38.3 Å². The summed E-state index contributed by atoms with van der Waals surface area (Å²) >= 11 is 0. The molecular weight excluding hydrogens is 166 g/mol. The molecule has 1 atom stereocenters. The molecule has 3 heteroatoms. The van der Waals surface area contributed by atoms with E-state index in [1.807, 2.05) is 6.92 Å². The van der Waals surface area contributed by atoms with E-state index in [1.165, 1.54) is 26.4 Å². The smallest absolute Gasteiger partial charge is 0.307 e. The molecule has 0 saturated carbocycles. The minimum absolute atomic E-state index is 0.143. The highest BCUT2D eigenvalue weighted by molar-refractivity contribution is 5.69. The molecule has 13 heavy (non-hydrogen) atoms. The van der Waals surface area contributed by atoms with E-state index in [0.717, 1.165) is 6.54 Å². The third-order valence-corrected chi connectivity index (χ3v) is 1.97. The largest absolute Gasteiger partial charge is 0.469 e. The van der Waals surface area contributed by atoms with Crippen LogP contribution in [0.2, 0.25) is 0 Å². The molecule has 0 heterocycles. The molecule has 0 fully saturated rings. The Morgan fingerprint density at radius 3 is 2.69 bits per heavy atom. The molecule has 0 saturated heterocycles. The van der Waals surface area contributed by atoms with Crippen LogP contribution < -0.4 is 5.32 Å².